The fourth-order valence-corrected chi connectivity index (χ4v) is 5.32. The molecule has 3 heterocycles. The number of esters is 1. The van der Waals surface area contributed by atoms with Crippen molar-refractivity contribution >= 4 is 40.0 Å². The van der Waals surface area contributed by atoms with Crippen LogP contribution >= 0.6 is 0 Å². The molecule has 1 amide bonds. The topological polar surface area (TPSA) is 110 Å². The van der Waals surface area contributed by atoms with Crippen LogP contribution < -0.4 is 25.9 Å². The first-order valence-corrected chi connectivity index (χ1v) is 13.4. The largest absolute Gasteiger partial charge is 0.462 e. The van der Waals surface area contributed by atoms with E-state index in [0.717, 1.165) is 6.07 Å². The van der Waals surface area contributed by atoms with Crippen molar-refractivity contribution in [3.63, 3.8) is 0 Å². The first-order valence-electron chi connectivity index (χ1n) is 13.4. The second kappa shape index (κ2) is 11.3. The molecule has 2 fully saturated rings. The number of carbonyl (C=O) groups is 2. The van der Waals surface area contributed by atoms with E-state index < -0.39 is 41.0 Å². The number of nitrogens with two attached hydrogens (primary N) is 1. The molecular formula is C28H30F3N5O5. The zero-order valence-electron chi connectivity index (χ0n) is 22.7. The Morgan fingerprint density at radius 1 is 1.05 bits per heavy atom. The van der Waals surface area contributed by atoms with Crippen LogP contribution in [0.2, 0.25) is 0 Å². The molecule has 218 valence electrons. The number of rotatable bonds is 7. The van der Waals surface area contributed by atoms with Gasteiger partial charge in [0.15, 0.2) is 5.82 Å². The normalized spacial score (nSPS) is 17.4. The summed E-state index contributed by atoms with van der Waals surface area (Å²) in [6, 6.07) is 5.37. The van der Waals surface area contributed by atoms with Crippen LogP contribution in [0.1, 0.15) is 24.2 Å². The van der Waals surface area contributed by atoms with Crippen LogP contribution in [0.15, 0.2) is 35.3 Å². The lowest BCUT2D eigenvalue weighted by atomic mass is 10.1. The number of amides is 1. The number of piperazine rings is 1. The number of pyridine rings is 1. The summed E-state index contributed by atoms with van der Waals surface area (Å²) in [5.74, 6) is -3.25. The monoisotopic (exact) mass is 573 g/mol. The number of halogens is 3. The molecule has 10 nitrogen and oxygen atoms in total. The number of anilines is 3. The molecule has 0 spiro atoms. The lowest BCUT2D eigenvalue weighted by molar-refractivity contribution is 0.0524. The molecule has 13 heteroatoms. The maximum Gasteiger partial charge on any atom is 0.414 e. The van der Waals surface area contributed by atoms with Crippen molar-refractivity contribution in [2.75, 3.05) is 60.6 Å². The first-order chi connectivity index (χ1) is 19.7. The third kappa shape index (κ3) is 5.05. The van der Waals surface area contributed by atoms with Crippen molar-refractivity contribution in [3.8, 4) is 0 Å². The Balaban J connectivity index is 1.39. The number of hydrogen-bond donors (Lipinski definition) is 1. The Morgan fingerprint density at radius 2 is 1.76 bits per heavy atom. The standard InChI is InChI=1S/C28H30F3N5O5/c1-3-33-15-19(27(38)40-4-2)26(37)18-12-21(30)25(23(31)24(18)33)35-9-7-34(8-10-35)22-6-5-16(11-20(22)29)36-14-17(13-32)41-28(36)39/h5-6,11-12,15,17H,3-4,7-10,13-14,32H2,1-2H3/t17-/m0/s1. The van der Waals surface area contributed by atoms with Gasteiger partial charge in [0.25, 0.3) is 0 Å². The van der Waals surface area contributed by atoms with Crippen LogP contribution in [0, 0.1) is 17.5 Å². The molecule has 2 saturated heterocycles. The van der Waals surface area contributed by atoms with Crippen molar-refractivity contribution in [2.45, 2.75) is 26.5 Å². The summed E-state index contributed by atoms with van der Waals surface area (Å²) >= 11 is 0. The summed E-state index contributed by atoms with van der Waals surface area (Å²) in [5.41, 5.74) is 4.70. The maximum atomic E-state index is 15.9. The summed E-state index contributed by atoms with van der Waals surface area (Å²) in [4.78, 5) is 41.9. The lowest BCUT2D eigenvalue weighted by Crippen LogP contribution is -2.47. The third-order valence-corrected chi connectivity index (χ3v) is 7.38. The molecule has 0 bridgehead atoms. The van der Waals surface area contributed by atoms with Gasteiger partial charge in [-0.15, -0.1) is 0 Å². The van der Waals surface area contributed by atoms with Gasteiger partial charge in [0.1, 0.15) is 29.0 Å². The summed E-state index contributed by atoms with van der Waals surface area (Å²) in [7, 11) is 0. The van der Waals surface area contributed by atoms with Crippen LogP contribution in [-0.2, 0) is 16.0 Å². The highest BCUT2D eigenvalue weighted by Gasteiger charge is 2.33. The van der Waals surface area contributed by atoms with Crippen LogP contribution in [0.3, 0.4) is 0 Å². The fourth-order valence-electron chi connectivity index (χ4n) is 5.32. The average molecular weight is 574 g/mol. The molecule has 3 aromatic rings. The Kier molecular flexibility index (Phi) is 7.80. The minimum absolute atomic E-state index is 0.0480. The van der Waals surface area contributed by atoms with Crippen LogP contribution in [0.25, 0.3) is 10.9 Å². The number of nitrogens with zero attached hydrogens (tertiary/aromatic N) is 4. The molecular weight excluding hydrogens is 543 g/mol. The number of hydrogen-bond acceptors (Lipinski definition) is 8. The number of cyclic esters (lactones) is 1. The molecule has 5 rings (SSSR count). The Bertz CT molecular complexity index is 1570. The summed E-state index contributed by atoms with van der Waals surface area (Å²) in [5, 5.41) is -0.253. The number of aryl methyl sites for hydroxylation is 1. The Hall–Kier alpha value is -4.26. The molecule has 1 atom stereocenters. The van der Waals surface area contributed by atoms with Crippen LogP contribution in [0.5, 0.6) is 0 Å². The first kappa shape index (κ1) is 28.3. The smallest absolute Gasteiger partial charge is 0.414 e. The van der Waals surface area contributed by atoms with E-state index in [1.54, 1.807) is 30.9 Å². The van der Waals surface area contributed by atoms with E-state index in [1.165, 1.54) is 26.6 Å². The van der Waals surface area contributed by atoms with Crippen molar-refractivity contribution < 1.29 is 32.2 Å². The average Bonchev–Trinajstić information content (AvgIpc) is 3.34. The van der Waals surface area contributed by atoms with Crippen molar-refractivity contribution in [3.05, 3.63) is 63.7 Å². The van der Waals surface area contributed by atoms with E-state index in [4.69, 9.17) is 15.2 Å². The van der Waals surface area contributed by atoms with Gasteiger partial charge in [-0.2, -0.15) is 0 Å². The van der Waals surface area contributed by atoms with E-state index in [9.17, 15) is 14.4 Å². The molecule has 2 aliphatic rings. The van der Waals surface area contributed by atoms with Gasteiger partial charge < -0.3 is 29.6 Å². The summed E-state index contributed by atoms with van der Waals surface area (Å²) < 4.78 is 57.8. The number of aromatic nitrogens is 1. The molecule has 0 saturated carbocycles. The molecule has 1 aromatic heterocycles. The van der Waals surface area contributed by atoms with E-state index in [0.29, 0.717) is 11.4 Å². The quantitative estimate of drug-likeness (QED) is 0.429. The Labute approximate surface area is 233 Å². The maximum absolute atomic E-state index is 15.9. The van der Waals surface area contributed by atoms with Crippen LogP contribution in [-0.4, -0.2) is 68.6 Å². The molecule has 0 radical (unpaired) electrons. The van der Waals surface area contributed by atoms with Crippen molar-refractivity contribution in [1.82, 2.24) is 4.57 Å². The predicted octanol–water partition coefficient (Wildman–Crippen LogP) is 3.23. The number of fused-ring (bicyclic) bond motifs is 1. The van der Waals surface area contributed by atoms with Gasteiger partial charge >= 0.3 is 12.1 Å². The summed E-state index contributed by atoms with van der Waals surface area (Å²) in [6.45, 7) is 4.83. The number of benzene rings is 2. The minimum Gasteiger partial charge on any atom is -0.462 e. The van der Waals surface area contributed by atoms with Gasteiger partial charge in [-0.25, -0.2) is 22.8 Å². The van der Waals surface area contributed by atoms with Gasteiger partial charge in [0.2, 0.25) is 5.43 Å². The molecule has 41 heavy (non-hydrogen) atoms. The lowest BCUT2D eigenvalue weighted by Gasteiger charge is -2.38. The van der Waals surface area contributed by atoms with Gasteiger partial charge in [-0.1, -0.05) is 0 Å². The van der Waals surface area contributed by atoms with Gasteiger partial charge in [-0.3, -0.25) is 9.69 Å². The van der Waals surface area contributed by atoms with E-state index in [1.807, 2.05) is 0 Å². The van der Waals surface area contributed by atoms with Gasteiger partial charge in [0.05, 0.1) is 35.4 Å². The van der Waals surface area contributed by atoms with E-state index in [-0.39, 0.29) is 74.6 Å². The predicted molar refractivity (Wildman–Crippen MR) is 147 cm³/mol. The van der Waals surface area contributed by atoms with Gasteiger partial charge in [0, 0.05) is 45.5 Å². The van der Waals surface area contributed by atoms with Gasteiger partial charge in [-0.05, 0) is 38.1 Å². The number of carbonyl (C=O) groups excluding carboxylic acids is 2. The molecule has 2 N–H and O–H groups in total. The van der Waals surface area contributed by atoms with Crippen molar-refractivity contribution in [2.24, 2.45) is 5.73 Å². The van der Waals surface area contributed by atoms with Crippen molar-refractivity contribution in [1.29, 1.82) is 0 Å². The minimum atomic E-state index is -0.937. The fraction of sp³-hybridized carbons (Fsp3) is 0.393. The SMILES string of the molecule is CCOC(=O)c1cn(CC)c2c(F)c(N3CCN(c4ccc(N5C[C@H](CN)OC5=O)cc4F)CC3)c(F)cc2c1=O. The van der Waals surface area contributed by atoms with Crippen LogP contribution in [0.4, 0.5) is 35.0 Å². The highest BCUT2D eigenvalue weighted by atomic mass is 19.1. The number of ether oxygens (including phenoxy) is 2. The Morgan fingerprint density at radius 3 is 2.37 bits per heavy atom. The zero-order valence-corrected chi connectivity index (χ0v) is 22.7. The summed E-state index contributed by atoms with van der Waals surface area (Å²) in [6.07, 6.45) is 0.183. The third-order valence-electron chi connectivity index (χ3n) is 7.38. The van der Waals surface area contributed by atoms with E-state index in [2.05, 4.69) is 0 Å². The second-order valence-corrected chi connectivity index (χ2v) is 9.76. The molecule has 0 aliphatic carbocycles. The molecule has 0 unspecified atom stereocenters. The highest BCUT2D eigenvalue weighted by molar-refractivity contribution is 5.95. The highest BCUT2D eigenvalue weighted by Crippen LogP contribution is 2.33. The zero-order chi connectivity index (χ0) is 29.4. The molecule has 2 aromatic carbocycles. The van der Waals surface area contributed by atoms with E-state index >= 15 is 13.2 Å². The molecule has 2 aliphatic heterocycles. The second-order valence-electron chi connectivity index (χ2n) is 9.76.